The first-order chi connectivity index (χ1) is 15.6. The van der Waals surface area contributed by atoms with Crippen LogP contribution in [0.1, 0.15) is 41.1 Å². The van der Waals surface area contributed by atoms with Gasteiger partial charge < -0.3 is 5.32 Å². The van der Waals surface area contributed by atoms with Gasteiger partial charge in [0, 0.05) is 6.04 Å². The van der Waals surface area contributed by atoms with Crippen LogP contribution in [0, 0.1) is 0 Å². The van der Waals surface area contributed by atoms with Crippen molar-refractivity contribution < 1.29 is 9.59 Å². The summed E-state index contributed by atoms with van der Waals surface area (Å²) in [5.74, 6) is -0.240. The number of benzene rings is 3. The molecule has 0 unspecified atom stereocenters. The zero-order valence-corrected chi connectivity index (χ0v) is 18.2. The third-order valence-corrected chi connectivity index (χ3v) is 6.75. The number of carbonyl (C=O) groups excluding carboxylic acids is 2. The molecule has 0 spiro atoms. The van der Waals surface area contributed by atoms with Crippen molar-refractivity contribution in [1.29, 1.82) is 0 Å². The van der Waals surface area contributed by atoms with Crippen LogP contribution in [-0.4, -0.2) is 35.5 Å². The van der Waals surface area contributed by atoms with Crippen molar-refractivity contribution in [3.05, 3.63) is 107 Å². The van der Waals surface area contributed by atoms with E-state index in [-0.39, 0.29) is 24.6 Å². The van der Waals surface area contributed by atoms with Gasteiger partial charge in [-0.2, -0.15) is 0 Å². The topological polar surface area (TPSA) is 52.6 Å². The zero-order chi connectivity index (χ0) is 22.1. The van der Waals surface area contributed by atoms with Crippen LogP contribution in [0.25, 0.3) is 0 Å². The molecule has 2 aliphatic rings. The van der Waals surface area contributed by atoms with Crippen molar-refractivity contribution in [2.24, 2.45) is 0 Å². The van der Waals surface area contributed by atoms with E-state index in [1.807, 2.05) is 67.7 Å². The molecular weight excluding hydrogens is 398 g/mol. The normalized spacial score (nSPS) is 19.7. The van der Waals surface area contributed by atoms with E-state index in [1.165, 1.54) is 16.0 Å². The summed E-state index contributed by atoms with van der Waals surface area (Å²) in [5, 5.41) is 3.04. The van der Waals surface area contributed by atoms with Gasteiger partial charge in [0.15, 0.2) is 5.54 Å². The summed E-state index contributed by atoms with van der Waals surface area (Å²) in [5.41, 5.74) is 2.96. The predicted octanol–water partition coefficient (Wildman–Crippen LogP) is 4.45. The second kappa shape index (κ2) is 8.24. The number of urea groups is 1. The van der Waals surface area contributed by atoms with E-state index < -0.39 is 5.54 Å². The molecule has 3 aromatic rings. The fraction of sp³-hybridized carbons (Fsp3) is 0.259. The summed E-state index contributed by atoms with van der Waals surface area (Å²) < 4.78 is 0. The van der Waals surface area contributed by atoms with Gasteiger partial charge in [-0.1, -0.05) is 84.9 Å². The third kappa shape index (κ3) is 3.30. The number of nitrogens with zero attached hydrogens (tertiary/aromatic N) is 2. The Bertz CT molecular complexity index is 1090. The van der Waals surface area contributed by atoms with Gasteiger partial charge in [0.05, 0.1) is 6.67 Å². The zero-order valence-electron chi connectivity index (χ0n) is 18.2. The van der Waals surface area contributed by atoms with E-state index in [2.05, 4.69) is 34.5 Å². The number of amides is 3. The van der Waals surface area contributed by atoms with Crippen LogP contribution >= 0.6 is 0 Å². The van der Waals surface area contributed by atoms with Crippen molar-refractivity contribution in [3.63, 3.8) is 0 Å². The lowest BCUT2D eigenvalue weighted by Crippen LogP contribution is -2.46. The molecule has 1 aliphatic heterocycles. The summed E-state index contributed by atoms with van der Waals surface area (Å²) in [6.07, 6.45) is 3.19. The highest BCUT2D eigenvalue weighted by Gasteiger charge is 2.54. The highest BCUT2D eigenvalue weighted by Crippen LogP contribution is 2.38. The molecule has 0 saturated carbocycles. The fourth-order valence-corrected chi connectivity index (χ4v) is 5.15. The standard InChI is InChI=1S/C27H27N3O2/c1-29(24-18-10-12-20-11-8-9-17-23(20)24)19-30-25(31)27(28-26(30)32,21-13-4-2-5-14-21)22-15-6-3-7-16-22/h2-9,11,13-17,24H,10,12,18-19H2,1H3,(H,28,32)/t24-/m0/s1. The van der Waals surface area contributed by atoms with Crippen LogP contribution in [0.15, 0.2) is 84.9 Å². The van der Waals surface area contributed by atoms with E-state index in [0.29, 0.717) is 0 Å². The van der Waals surface area contributed by atoms with Crippen LogP contribution in [-0.2, 0) is 16.8 Å². The van der Waals surface area contributed by atoms with Crippen LogP contribution in [0.4, 0.5) is 4.79 Å². The summed E-state index contributed by atoms with van der Waals surface area (Å²) in [7, 11) is 2.00. The Kier molecular flexibility index (Phi) is 5.27. The predicted molar refractivity (Wildman–Crippen MR) is 124 cm³/mol. The third-order valence-electron chi connectivity index (χ3n) is 6.75. The lowest BCUT2D eigenvalue weighted by molar-refractivity contribution is -0.132. The SMILES string of the molecule is CN(CN1C(=O)NC(c2ccccc2)(c2ccccc2)C1=O)[C@H]1CCCc2ccccc21. The van der Waals surface area contributed by atoms with Gasteiger partial charge in [-0.25, -0.2) is 9.69 Å². The van der Waals surface area contributed by atoms with Crippen LogP contribution in [0.2, 0.25) is 0 Å². The van der Waals surface area contributed by atoms with Crippen molar-refractivity contribution in [1.82, 2.24) is 15.1 Å². The number of fused-ring (bicyclic) bond motifs is 1. The average molecular weight is 426 g/mol. The second-order valence-electron chi connectivity index (χ2n) is 8.65. The molecule has 1 atom stereocenters. The molecule has 0 bridgehead atoms. The molecule has 3 aromatic carbocycles. The van der Waals surface area contributed by atoms with Gasteiger partial charge in [-0.15, -0.1) is 0 Å². The smallest absolute Gasteiger partial charge is 0.315 e. The summed E-state index contributed by atoms with van der Waals surface area (Å²) in [4.78, 5) is 30.6. The number of hydrogen-bond donors (Lipinski definition) is 1. The molecule has 5 rings (SSSR count). The largest absolute Gasteiger partial charge is 0.326 e. The van der Waals surface area contributed by atoms with Gasteiger partial charge in [0.2, 0.25) is 0 Å². The van der Waals surface area contributed by atoms with Gasteiger partial charge in [0.25, 0.3) is 5.91 Å². The molecule has 5 heteroatoms. The van der Waals surface area contributed by atoms with Gasteiger partial charge in [-0.05, 0) is 48.6 Å². The molecule has 1 fully saturated rings. The Balaban J connectivity index is 1.48. The molecule has 0 aromatic heterocycles. The van der Waals surface area contributed by atoms with E-state index in [9.17, 15) is 9.59 Å². The number of nitrogens with one attached hydrogen (secondary N) is 1. The first-order valence-electron chi connectivity index (χ1n) is 11.1. The summed E-state index contributed by atoms with van der Waals surface area (Å²) in [6, 6.07) is 27.3. The lowest BCUT2D eigenvalue weighted by atomic mass is 9.82. The Labute approximate surface area is 188 Å². The Morgan fingerprint density at radius 2 is 1.50 bits per heavy atom. The van der Waals surface area contributed by atoms with Crippen LogP contribution in [0.5, 0.6) is 0 Å². The second-order valence-corrected chi connectivity index (χ2v) is 8.65. The quantitative estimate of drug-likeness (QED) is 0.615. The van der Waals surface area contributed by atoms with Crippen LogP contribution < -0.4 is 5.32 Å². The Hall–Kier alpha value is -3.44. The fourth-order valence-electron chi connectivity index (χ4n) is 5.15. The molecule has 5 nitrogen and oxygen atoms in total. The van der Waals surface area contributed by atoms with E-state index in [4.69, 9.17) is 0 Å². The van der Waals surface area contributed by atoms with Crippen molar-refractivity contribution >= 4 is 11.9 Å². The minimum absolute atomic E-state index is 0.184. The van der Waals surface area contributed by atoms with Crippen molar-refractivity contribution in [2.45, 2.75) is 30.8 Å². The molecule has 3 amide bonds. The number of rotatable bonds is 5. The lowest BCUT2D eigenvalue weighted by Gasteiger charge is -2.35. The molecule has 1 saturated heterocycles. The maximum absolute atomic E-state index is 13.9. The first kappa shape index (κ1) is 20.5. The minimum atomic E-state index is -1.22. The minimum Gasteiger partial charge on any atom is -0.315 e. The number of carbonyl (C=O) groups is 2. The number of imide groups is 1. The average Bonchev–Trinajstić information content (AvgIpc) is 3.10. The van der Waals surface area contributed by atoms with Gasteiger partial charge >= 0.3 is 6.03 Å². The molecule has 162 valence electrons. The van der Waals surface area contributed by atoms with Crippen molar-refractivity contribution in [3.8, 4) is 0 Å². The Morgan fingerprint density at radius 3 is 2.16 bits per heavy atom. The maximum atomic E-state index is 13.9. The van der Waals surface area contributed by atoms with Gasteiger partial charge in [0.1, 0.15) is 0 Å². The Morgan fingerprint density at radius 1 is 0.906 bits per heavy atom. The van der Waals surface area contributed by atoms with Gasteiger partial charge in [-0.3, -0.25) is 9.69 Å². The first-order valence-corrected chi connectivity index (χ1v) is 11.1. The van der Waals surface area contributed by atoms with Crippen molar-refractivity contribution in [2.75, 3.05) is 13.7 Å². The molecule has 1 aliphatic carbocycles. The monoisotopic (exact) mass is 425 g/mol. The van der Waals surface area contributed by atoms with Crippen LogP contribution in [0.3, 0.4) is 0 Å². The summed E-state index contributed by atoms with van der Waals surface area (Å²) in [6.45, 7) is 0.241. The van der Waals surface area contributed by atoms with E-state index >= 15 is 0 Å². The number of aryl methyl sites for hydroxylation is 1. The summed E-state index contributed by atoms with van der Waals surface area (Å²) >= 11 is 0. The molecule has 1 N–H and O–H groups in total. The van der Waals surface area contributed by atoms with E-state index in [1.54, 1.807) is 0 Å². The molecule has 1 heterocycles. The molecule has 32 heavy (non-hydrogen) atoms. The molecular formula is C27H27N3O2. The molecule has 0 radical (unpaired) electrons. The highest BCUT2D eigenvalue weighted by atomic mass is 16.2. The maximum Gasteiger partial charge on any atom is 0.326 e. The number of hydrogen-bond acceptors (Lipinski definition) is 3. The van der Waals surface area contributed by atoms with E-state index in [0.717, 1.165) is 30.4 Å². The highest BCUT2D eigenvalue weighted by molar-refractivity contribution is 6.09.